The first-order valence-corrected chi connectivity index (χ1v) is 42.3. The van der Waals surface area contributed by atoms with Gasteiger partial charge in [-0.25, -0.2) is 5.91 Å². The Kier molecular flexibility index (Phi) is 51.7. The molecule has 0 amide bonds. The molecule has 0 radical (unpaired) electrons. The van der Waals surface area contributed by atoms with Crippen molar-refractivity contribution in [2.75, 3.05) is 13.1 Å². The Balaban J connectivity index is 0.000000340. The van der Waals surface area contributed by atoms with Crippen molar-refractivity contribution >= 4 is 21.4 Å². The van der Waals surface area contributed by atoms with Crippen molar-refractivity contribution in [3.8, 4) is 0 Å². The molecule has 4 saturated carbocycles. The second kappa shape index (κ2) is 58.0. The number of hydrogen-bond acceptors (Lipinski definition) is 1. The van der Waals surface area contributed by atoms with Crippen LogP contribution in [-0.2, 0) is 64.5 Å². The fourth-order valence-electron chi connectivity index (χ4n) is 13.1. The summed E-state index contributed by atoms with van der Waals surface area (Å²) < 4.78 is 0. The Labute approximate surface area is 695 Å². The fraction of sp³-hybridized carbons (Fsp3) is 0.374. The largest absolute Gasteiger partial charge is 4.00 e. The van der Waals surface area contributed by atoms with Gasteiger partial charge in [-0.2, -0.15) is 172 Å². The van der Waals surface area contributed by atoms with E-state index >= 15 is 0 Å². The van der Waals surface area contributed by atoms with E-state index in [2.05, 4.69) is 156 Å². The van der Waals surface area contributed by atoms with Gasteiger partial charge in [0.25, 0.3) is 0 Å². The maximum atomic E-state index is 5.35. The van der Waals surface area contributed by atoms with Crippen LogP contribution < -0.4 is 5.32 Å². The summed E-state index contributed by atoms with van der Waals surface area (Å²) in [4.78, 5) is 5.29. The standard InChI is InChI=1S/2C25H41N2P.7C7H7.2Hf/c2*1-25(2,3)27-24(26-20-19-21-13-7-4-8-14-21)28(22-15-9-5-10-16-22)23-17-11-6-12-18-23;7*1-7-5-3-2-4-6-7;;/h4,7-8,13-14,22-23H,5-6,9-12,15-20H2,1-3H3,(H,26,27);4,7-8,13-14,22-24H,5-6,9-12,15-20H2,1-3H3;7*2-6H,1H2;;/q;-2;7*-1;;+4. The van der Waals surface area contributed by atoms with E-state index < -0.39 is 0 Å². The van der Waals surface area contributed by atoms with Crippen LogP contribution in [0.1, 0.15) is 220 Å². The average Bonchev–Trinajstić information content (AvgIpc) is 0.822. The smallest absolute Gasteiger partial charge is 0.674 e. The molecule has 0 heterocycles. The molecule has 9 aromatic carbocycles. The van der Waals surface area contributed by atoms with E-state index in [-0.39, 0.29) is 84.5 Å². The van der Waals surface area contributed by atoms with Crippen molar-refractivity contribution < 1.29 is 51.7 Å². The molecule has 4 nitrogen and oxygen atoms in total. The monoisotopic (exact) mass is 1800 g/mol. The van der Waals surface area contributed by atoms with Gasteiger partial charge in [-0.15, -0.1) is 105 Å². The molecule has 8 heteroatoms. The van der Waals surface area contributed by atoms with E-state index in [4.69, 9.17) is 15.6 Å². The molecule has 4 aliphatic rings. The second-order valence-electron chi connectivity index (χ2n) is 30.0. The summed E-state index contributed by atoms with van der Waals surface area (Å²) in [5, 5.41) is 14.6. The van der Waals surface area contributed by atoms with Gasteiger partial charge in [-0.3, -0.25) is 4.99 Å². The summed E-state index contributed by atoms with van der Waals surface area (Å²) in [6.45, 7) is 41.6. The van der Waals surface area contributed by atoms with E-state index in [1.165, 1.54) is 145 Å². The number of nitrogens with one attached hydrogen (secondary N) is 1. The van der Waals surface area contributed by atoms with Crippen LogP contribution in [0.5, 0.6) is 0 Å². The van der Waals surface area contributed by atoms with Gasteiger partial charge in [0.2, 0.25) is 0 Å². The third-order valence-corrected chi connectivity index (χ3v) is 25.3. The molecule has 0 spiro atoms. The predicted octanol–water partition coefficient (Wildman–Crippen LogP) is 28.4. The van der Waals surface area contributed by atoms with E-state index in [1.54, 1.807) is 0 Å². The molecule has 1 unspecified atom stereocenters. The van der Waals surface area contributed by atoms with Crippen LogP contribution in [0, 0.1) is 48.5 Å². The summed E-state index contributed by atoms with van der Waals surface area (Å²) in [5.74, 6) is 0.255. The molecule has 0 bridgehead atoms. The Morgan fingerprint density at radius 3 is 0.813 bits per heavy atom. The SMILES string of the molecule is CC(C)(C)NC(=NCCc1ccccc1)P(C1CCCCC1)C1CCCCC1.CC(C)(C)[N-]C([N-]CCc1ccccc1)P(C1CCCCC1)C1CCCCC1.[CH2-]c1ccccc1.[CH2-]c1ccccc1.[CH2-]c1ccccc1.[CH2-]c1ccccc1.[CH2-]c1ccccc1.[CH2-]c1ccccc1.[CH2-]c1ccccc1.[Hf+4].[Hf]. The number of nitrogens with zero attached hydrogens (tertiary/aromatic N) is 3. The molecule has 0 aliphatic heterocycles. The molecule has 9 aromatic rings. The van der Waals surface area contributed by atoms with Crippen LogP contribution in [0.3, 0.4) is 0 Å². The summed E-state index contributed by atoms with van der Waals surface area (Å²) in [6.07, 6.45) is 30.8. The van der Waals surface area contributed by atoms with Gasteiger partial charge in [0.1, 0.15) is 5.58 Å². The molecule has 13 rings (SSSR count). The molecule has 570 valence electrons. The molecule has 1 atom stereocenters. The predicted molar refractivity (Wildman–Crippen MR) is 468 cm³/mol. The number of rotatable bonds is 14. The first kappa shape index (κ1) is 95.3. The van der Waals surface area contributed by atoms with Crippen molar-refractivity contribution in [1.29, 1.82) is 0 Å². The molecule has 4 fully saturated rings. The zero-order valence-corrected chi connectivity index (χ0v) is 75.5. The third kappa shape index (κ3) is 46.4. The van der Waals surface area contributed by atoms with E-state index in [9.17, 15) is 0 Å². The number of amidine groups is 1. The van der Waals surface area contributed by atoms with Crippen LogP contribution in [-0.4, -0.2) is 58.3 Å². The number of hydrogen-bond donors (Lipinski definition) is 1. The Morgan fingerprint density at radius 1 is 0.355 bits per heavy atom. The first-order valence-electron chi connectivity index (χ1n) is 39.3. The van der Waals surface area contributed by atoms with Gasteiger partial charge in [0, 0.05) is 37.9 Å². The van der Waals surface area contributed by atoms with Gasteiger partial charge in [0.15, 0.2) is 0 Å². The molecule has 0 saturated heterocycles. The van der Waals surface area contributed by atoms with Gasteiger partial charge >= 0.3 is 25.8 Å². The maximum Gasteiger partial charge on any atom is 4.00 e. The third-order valence-electron chi connectivity index (χ3n) is 18.4. The first-order chi connectivity index (χ1) is 50.8. The van der Waals surface area contributed by atoms with Crippen LogP contribution in [0.15, 0.2) is 278 Å². The topological polar surface area (TPSA) is 52.6 Å². The molecule has 4 aliphatic carbocycles. The fourth-order valence-corrected chi connectivity index (χ4v) is 21.0. The summed E-state index contributed by atoms with van der Waals surface area (Å²) in [5.41, 5.74) is 15.4. The molecular weight excluding hydrogens is 1660 g/mol. The van der Waals surface area contributed by atoms with Gasteiger partial charge in [-0.05, 0) is 127 Å². The van der Waals surface area contributed by atoms with E-state index in [0.717, 1.165) is 87.5 Å². The Morgan fingerprint density at radius 2 is 0.589 bits per heavy atom. The van der Waals surface area contributed by atoms with Crippen molar-refractivity contribution in [3.63, 3.8) is 0 Å². The minimum absolute atomic E-state index is 0. The van der Waals surface area contributed by atoms with Crippen molar-refractivity contribution in [2.45, 2.75) is 222 Å². The van der Waals surface area contributed by atoms with Gasteiger partial charge < -0.3 is 16.0 Å². The molecule has 107 heavy (non-hydrogen) atoms. The summed E-state index contributed by atoms with van der Waals surface area (Å²) in [7, 11) is -0.305. The number of benzene rings is 9. The Bertz CT molecular complexity index is 3080. The molecule has 0 aromatic heterocycles. The minimum atomic E-state index is -0.166. The van der Waals surface area contributed by atoms with Crippen molar-refractivity contribution in [2.24, 2.45) is 4.99 Å². The minimum Gasteiger partial charge on any atom is -0.674 e. The van der Waals surface area contributed by atoms with Gasteiger partial charge in [-0.1, -0.05) is 201 Å². The molecule has 1 N–H and O–H groups in total. The normalized spacial score (nSPS) is 14.8. The van der Waals surface area contributed by atoms with E-state index in [0.29, 0.717) is 0 Å². The van der Waals surface area contributed by atoms with Crippen molar-refractivity contribution in [1.82, 2.24) is 5.32 Å². The van der Waals surface area contributed by atoms with E-state index in [1.807, 2.05) is 212 Å². The second-order valence-corrected chi connectivity index (χ2v) is 35.5. The zero-order chi connectivity index (χ0) is 75.4. The average molecular weight is 1800 g/mol. The van der Waals surface area contributed by atoms with Crippen LogP contribution in [0.4, 0.5) is 0 Å². The quantitative estimate of drug-likeness (QED) is 0.0381. The van der Waals surface area contributed by atoms with Crippen molar-refractivity contribution in [3.05, 3.63) is 382 Å². The van der Waals surface area contributed by atoms with Crippen LogP contribution in [0.2, 0.25) is 0 Å². The Hall–Kier alpha value is -5.94. The summed E-state index contributed by atoms with van der Waals surface area (Å²) >= 11 is 0. The maximum absolute atomic E-state index is 5.35. The molecular formula is C99H131Hf2N4P2-5. The van der Waals surface area contributed by atoms with Crippen LogP contribution in [0.25, 0.3) is 10.6 Å². The zero-order valence-electron chi connectivity index (χ0n) is 66.5. The summed E-state index contributed by atoms with van der Waals surface area (Å²) in [6, 6.07) is 90.8. The van der Waals surface area contributed by atoms with Gasteiger partial charge in [0.05, 0.1) is 0 Å². The van der Waals surface area contributed by atoms with Crippen LogP contribution >= 0.6 is 15.8 Å². The number of aliphatic imine (C=N–C) groups is 1.